The number of esters is 1. The predicted octanol–water partition coefficient (Wildman–Crippen LogP) is 2.59. The molecule has 1 aliphatic rings. The molecule has 33 heavy (non-hydrogen) atoms. The number of hydrogen-bond donors (Lipinski definition) is 0. The number of nitro groups is 1. The molecule has 1 amide bonds. The number of likely N-dealkylation sites (tertiary alicyclic amines) is 1. The average molecular weight is 476 g/mol. The number of amides is 1. The van der Waals surface area contributed by atoms with E-state index in [0.717, 1.165) is 4.31 Å². The van der Waals surface area contributed by atoms with Crippen molar-refractivity contribution in [3.63, 3.8) is 0 Å². The monoisotopic (exact) mass is 475 g/mol. The van der Waals surface area contributed by atoms with Gasteiger partial charge in [-0.3, -0.25) is 24.0 Å². The first-order chi connectivity index (χ1) is 15.7. The van der Waals surface area contributed by atoms with Crippen LogP contribution in [-0.2, 0) is 24.3 Å². The minimum Gasteiger partial charge on any atom is -0.466 e. The molecular weight excluding hydrogens is 450 g/mol. The first kappa shape index (κ1) is 24.2. The fraction of sp³-hybridized carbons (Fsp3) is 0.364. The van der Waals surface area contributed by atoms with Gasteiger partial charge in [-0.1, -0.05) is 18.2 Å². The molecule has 0 saturated carbocycles. The lowest BCUT2D eigenvalue weighted by Gasteiger charge is -2.33. The highest BCUT2D eigenvalue weighted by atomic mass is 32.2. The van der Waals surface area contributed by atoms with Gasteiger partial charge < -0.3 is 9.64 Å². The van der Waals surface area contributed by atoms with E-state index in [1.807, 2.05) is 0 Å². The average Bonchev–Trinajstić information content (AvgIpc) is 2.83. The van der Waals surface area contributed by atoms with Gasteiger partial charge in [-0.15, -0.1) is 0 Å². The van der Waals surface area contributed by atoms with Crippen LogP contribution < -0.4 is 4.31 Å². The van der Waals surface area contributed by atoms with Gasteiger partial charge >= 0.3 is 5.97 Å². The quantitative estimate of drug-likeness (QED) is 0.326. The molecule has 11 heteroatoms. The van der Waals surface area contributed by atoms with Crippen molar-refractivity contribution in [2.45, 2.75) is 24.7 Å². The van der Waals surface area contributed by atoms with Crippen molar-refractivity contribution in [1.82, 2.24) is 4.90 Å². The van der Waals surface area contributed by atoms with Crippen molar-refractivity contribution in [3.8, 4) is 0 Å². The van der Waals surface area contributed by atoms with Crippen molar-refractivity contribution < 1.29 is 27.7 Å². The Morgan fingerprint density at radius 3 is 2.24 bits per heavy atom. The molecular formula is C22H25N3O7S. The summed E-state index contributed by atoms with van der Waals surface area (Å²) in [5.74, 6) is -0.994. The second kappa shape index (κ2) is 10.4. The smallest absolute Gasteiger partial charge is 0.309 e. The standard InChI is InChI=1S/C22H25N3O7S/c1-2-32-22(27)17-12-14-23(15-13-17)21(26)16-24(18-8-10-19(11-9-18)25(28)29)33(30,31)20-6-4-3-5-7-20/h3-11,17H,2,12-16H2,1H3. The Hall–Kier alpha value is -3.47. The Balaban J connectivity index is 1.82. The molecule has 1 aliphatic heterocycles. The molecule has 176 valence electrons. The molecule has 10 nitrogen and oxygen atoms in total. The molecule has 0 atom stereocenters. The van der Waals surface area contributed by atoms with Gasteiger partial charge in [-0.25, -0.2) is 8.42 Å². The Morgan fingerprint density at radius 2 is 1.70 bits per heavy atom. The van der Waals surface area contributed by atoms with Gasteiger partial charge in [-0.2, -0.15) is 0 Å². The zero-order valence-electron chi connectivity index (χ0n) is 18.1. The highest BCUT2D eigenvalue weighted by Gasteiger charge is 2.32. The largest absolute Gasteiger partial charge is 0.466 e. The van der Waals surface area contributed by atoms with Gasteiger partial charge in [-0.05, 0) is 44.0 Å². The number of anilines is 1. The van der Waals surface area contributed by atoms with Crippen LogP contribution in [0.1, 0.15) is 19.8 Å². The lowest BCUT2D eigenvalue weighted by Crippen LogP contribution is -2.46. The molecule has 0 N–H and O–H groups in total. The third-order valence-corrected chi connectivity index (χ3v) is 7.21. The minimum absolute atomic E-state index is 0.00262. The van der Waals surface area contributed by atoms with E-state index in [1.165, 1.54) is 41.3 Å². The Bertz CT molecular complexity index is 1100. The fourth-order valence-corrected chi connectivity index (χ4v) is 5.06. The molecule has 2 aromatic rings. The molecule has 0 bridgehead atoms. The molecule has 0 spiro atoms. The molecule has 0 unspecified atom stereocenters. The molecule has 3 rings (SSSR count). The summed E-state index contributed by atoms with van der Waals surface area (Å²) in [5.41, 5.74) is -0.0533. The SMILES string of the molecule is CCOC(=O)C1CCN(C(=O)CN(c2ccc([N+](=O)[O-])cc2)S(=O)(=O)c2ccccc2)CC1. The second-order valence-electron chi connectivity index (χ2n) is 7.51. The van der Waals surface area contributed by atoms with Crippen LogP contribution in [0.4, 0.5) is 11.4 Å². The van der Waals surface area contributed by atoms with Crippen molar-refractivity contribution in [2.24, 2.45) is 5.92 Å². The zero-order valence-corrected chi connectivity index (χ0v) is 18.9. The number of non-ortho nitro benzene ring substituents is 1. The van der Waals surface area contributed by atoms with E-state index in [1.54, 1.807) is 25.1 Å². The summed E-state index contributed by atoms with van der Waals surface area (Å²) in [7, 11) is -4.11. The van der Waals surface area contributed by atoms with E-state index in [2.05, 4.69) is 0 Å². The lowest BCUT2D eigenvalue weighted by atomic mass is 9.97. The van der Waals surface area contributed by atoms with Crippen LogP contribution in [0, 0.1) is 16.0 Å². The van der Waals surface area contributed by atoms with Gasteiger partial charge in [0.15, 0.2) is 0 Å². The second-order valence-corrected chi connectivity index (χ2v) is 9.37. The summed E-state index contributed by atoms with van der Waals surface area (Å²) in [5, 5.41) is 11.0. The molecule has 1 heterocycles. The number of rotatable bonds is 8. The fourth-order valence-electron chi connectivity index (χ4n) is 3.62. The maximum absolute atomic E-state index is 13.3. The Morgan fingerprint density at radius 1 is 1.09 bits per heavy atom. The summed E-state index contributed by atoms with van der Waals surface area (Å²) in [6.45, 7) is 2.17. The number of nitrogens with zero attached hydrogens (tertiary/aromatic N) is 3. The highest BCUT2D eigenvalue weighted by Crippen LogP contribution is 2.27. The lowest BCUT2D eigenvalue weighted by molar-refractivity contribution is -0.384. The third-order valence-electron chi connectivity index (χ3n) is 5.43. The summed E-state index contributed by atoms with van der Waals surface area (Å²) < 4.78 is 32.7. The van der Waals surface area contributed by atoms with Crippen LogP contribution in [0.2, 0.25) is 0 Å². The van der Waals surface area contributed by atoms with Gasteiger partial charge in [0.25, 0.3) is 15.7 Å². The van der Waals surface area contributed by atoms with Crippen LogP contribution in [0.3, 0.4) is 0 Å². The van der Waals surface area contributed by atoms with Crippen molar-refractivity contribution in [1.29, 1.82) is 0 Å². The number of piperidine rings is 1. The summed E-state index contributed by atoms with van der Waals surface area (Å²) in [4.78, 5) is 36.9. The first-order valence-electron chi connectivity index (χ1n) is 10.5. The normalized spacial score (nSPS) is 14.5. The van der Waals surface area contributed by atoms with Crippen LogP contribution in [-0.4, -0.2) is 56.4 Å². The number of sulfonamides is 1. The number of nitro benzene ring substituents is 1. The van der Waals surface area contributed by atoms with Gasteiger partial charge in [0.05, 0.1) is 28.0 Å². The van der Waals surface area contributed by atoms with E-state index in [4.69, 9.17) is 4.74 Å². The van der Waals surface area contributed by atoms with Gasteiger partial charge in [0, 0.05) is 25.2 Å². The van der Waals surface area contributed by atoms with Crippen LogP contribution >= 0.6 is 0 Å². The number of ether oxygens (including phenoxy) is 1. The molecule has 0 aromatic heterocycles. The molecule has 2 aromatic carbocycles. The molecule has 0 aliphatic carbocycles. The predicted molar refractivity (Wildman–Crippen MR) is 120 cm³/mol. The van der Waals surface area contributed by atoms with E-state index in [0.29, 0.717) is 32.5 Å². The van der Waals surface area contributed by atoms with Gasteiger partial charge in [0.2, 0.25) is 5.91 Å². The molecule has 1 fully saturated rings. The van der Waals surface area contributed by atoms with E-state index >= 15 is 0 Å². The van der Waals surface area contributed by atoms with E-state index in [-0.39, 0.29) is 28.2 Å². The maximum Gasteiger partial charge on any atom is 0.309 e. The first-order valence-corrected chi connectivity index (χ1v) is 11.9. The minimum atomic E-state index is -4.11. The number of hydrogen-bond acceptors (Lipinski definition) is 7. The summed E-state index contributed by atoms with van der Waals surface area (Å²) >= 11 is 0. The van der Waals surface area contributed by atoms with Crippen LogP contribution in [0.15, 0.2) is 59.5 Å². The Kier molecular flexibility index (Phi) is 7.64. The molecule has 0 radical (unpaired) electrons. The Labute approximate surface area is 192 Å². The zero-order chi connectivity index (χ0) is 24.0. The number of carbonyl (C=O) groups is 2. The van der Waals surface area contributed by atoms with Crippen molar-refractivity contribution in [2.75, 3.05) is 30.5 Å². The summed E-state index contributed by atoms with van der Waals surface area (Å²) in [6, 6.07) is 12.7. The van der Waals surface area contributed by atoms with Crippen LogP contribution in [0.5, 0.6) is 0 Å². The van der Waals surface area contributed by atoms with E-state index in [9.17, 15) is 28.1 Å². The van der Waals surface area contributed by atoms with Gasteiger partial charge in [0.1, 0.15) is 6.54 Å². The summed E-state index contributed by atoms with van der Waals surface area (Å²) in [6.07, 6.45) is 0.876. The molecule has 1 saturated heterocycles. The van der Waals surface area contributed by atoms with Crippen molar-refractivity contribution in [3.05, 3.63) is 64.7 Å². The topological polar surface area (TPSA) is 127 Å². The van der Waals surface area contributed by atoms with Crippen molar-refractivity contribution >= 4 is 33.3 Å². The third kappa shape index (κ3) is 5.67. The number of carbonyl (C=O) groups excluding carboxylic acids is 2. The number of benzene rings is 2. The van der Waals surface area contributed by atoms with Crippen LogP contribution in [0.25, 0.3) is 0 Å². The maximum atomic E-state index is 13.3. The van der Waals surface area contributed by atoms with E-state index < -0.39 is 27.4 Å². The highest BCUT2D eigenvalue weighted by molar-refractivity contribution is 7.92.